The highest BCUT2D eigenvalue weighted by Gasteiger charge is 2.31. The van der Waals surface area contributed by atoms with Crippen LogP contribution in [0.15, 0.2) is 53.5 Å². The number of para-hydroxylation sites is 1. The molecule has 0 atom stereocenters. The van der Waals surface area contributed by atoms with Gasteiger partial charge in [0.25, 0.3) is 5.56 Å². The molecule has 1 aromatic carbocycles. The molecule has 2 N–H and O–H groups in total. The number of nitrogens with one attached hydrogen (secondary N) is 2. The number of carbonyl (C=O) groups excluding carboxylic acids is 2. The lowest BCUT2D eigenvalue weighted by Gasteiger charge is -2.11. The molecule has 0 spiro atoms. The molecule has 1 aromatic heterocycles. The van der Waals surface area contributed by atoms with E-state index in [1.165, 1.54) is 0 Å². The van der Waals surface area contributed by atoms with E-state index in [-0.39, 0.29) is 0 Å². The molecule has 126 valence electrons. The molecule has 6 nitrogen and oxygen atoms in total. The van der Waals surface area contributed by atoms with Crippen molar-refractivity contribution in [2.75, 3.05) is 5.32 Å². The van der Waals surface area contributed by atoms with Gasteiger partial charge in [0.2, 0.25) is 5.91 Å². The molecule has 3 amide bonds. The van der Waals surface area contributed by atoms with Crippen molar-refractivity contribution in [3.05, 3.63) is 64.6 Å². The fourth-order valence-corrected chi connectivity index (χ4v) is 1.83. The fraction of sp³-hybridized carbons (Fsp3) is 0.133. The number of urea groups is 1. The lowest BCUT2D eigenvalue weighted by Crippen LogP contribution is -2.38. The normalized spacial score (nSPS) is 11.0. The van der Waals surface area contributed by atoms with Crippen LogP contribution in [0, 0.1) is 0 Å². The van der Waals surface area contributed by atoms with Crippen molar-refractivity contribution < 1.29 is 22.8 Å². The summed E-state index contributed by atoms with van der Waals surface area (Å²) < 4.78 is 38.4. The number of aromatic nitrogens is 1. The lowest BCUT2D eigenvalue weighted by atomic mass is 10.3. The Morgan fingerprint density at radius 2 is 1.71 bits per heavy atom. The smallest absolute Gasteiger partial charge is 0.308 e. The van der Waals surface area contributed by atoms with Crippen LogP contribution in [0.4, 0.5) is 23.7 Å². The van der Waals surface area contributed by atoms with Crippen molar-refractivity contribution in [2.45, 2.75) is 12.7 Å². The van der Waals surface area contributed by atoms with Crippen molar-refractivity contribution >= 4 is 17.6 Å². The third-order valence-electron chi connectivity index (χ3n) is 2.91. The van der Waals surface area contributed by atoms with E-state index in [1.54, 1.807) is 30.3 Å². The van der Waals surface area contributed by atoms with Crippen molar-refractivity contribution in [3.8, 4) is 0 Å². The molecule has 9 heteroatoms. The summed E-state index contributed by atoms with van der Waals surface area (Å²) in [6.45, 7) is -0.717. The van der Waals surface area contributed by atoms with Gasteiger partial charge in [0, 0.05) is 18.0 Å². The third kappa shape index (κ3) is 4.70. The van der Waals surface area contributed by atoms with Gasteiger partial charge in [-0.1, -0.05) is 18.2 Å². The van der Waals surface area contributed by atoms with Gasteiger partial charge < -0.3 is 9.88 Å². The Morgan fingerprint density at radius 3 is 2.33 bits per heavy atom. The first-order chi connectivity index (χ1) is 11.3. The minimum absolute atomic E-state index is 0.430. The van der Waals surface area contributed by atoms with Crippen LogP contribution in [0.1, 0.15) is 5.56 Å². The molecule has 0 aliphatic rings. The van der Waals surface area contributed by atoms with Crippen molar-refractivity contribution in [2.24, 2.45) is 0 Å². The molecular formula is C15H12F3N3O3. The van der Waals surface area contributed by atoms with E-state index < -0.39 is 35.8 Å². The van der Waals surface area contributed by atoms with Gasteiger partial charge in [0.15, 0.2) is 0 Å². The Morgan fingerprint density at radius 1 is 1.04 bits per heavy atom. The number of nitrogens with zero attached hydrogens (tertiary/aromatic N) is 1. The number of imide groups is 1. The number of rotatable bonds is 3. The van der Waals surface area contributed by atoms with E-state index in [9.17, 15) is 27.6 Å². The van der Waals surface area contributed by atoms with Crippen LogP contribution in [0.5, 0.6) is 0 Å². The van der Waals surface area contributed by atoms with Gasteiger partial charge in [0.1, 0.15) is 6.54 Å². The van der Waals surface area contributed by atoms with Gasteiger partial charge in [-0.05, 0) is 18.2 Å². The van der Waals surface area contributed by atoms with Gasteiger partial charge in [-0.15, -0.1) is 0 Å². The Bertz CT molecular complexity index is 801. The average Bonchev–Trinajstić information content (AvgIpc) is 2.49. The summed E-state index contributed by atoms with van der Waals surface area (Å²) in [5.74, 6) is -0.926. The van der Waals surface area contributed by atoms with Crippen LogP contribution in [0.2, 0.25) is 0 Å². The highest BCUT2D eigenvalue weighted by atomic mass is 19.4. The molecule has 0 radical (unpaired) electrons. The average molecular weight is 339 g/mol. The standard InChI is InChI=1S/C15H12F3N3O3/c16-15(17,18)10-6-7-13(23)21(8-10)9-12(22)20-14(24)19-11-4-2-1-3-5-11/h1-8H,9H2,(H2,19,20,22,24). The van der Waals surface area contributed by atoms with E-state index in [2.05, 4.69) is 5.32 Å². The van der Waals surface area contributed by atoms with Crippen LogP contribution in [0.25, 0.3) is 0 Å². The first kappa shape index (κ1) is 17.3. The summed E-state index contributed by atoms with van der Waals surface area (Å²) in [6, 6.07) is 8.71. The number of carbonyl (C=O) groups is 2. The van der Waals surface area contributed by atoms with Crippen LogP contribution in [0.3, 0.4) is 0 Å². The molecular weight excluding hydrogens is 327 g/mol. The summed E-state index contributed by atoms with van der Waals surface area (Å²) in [5, 5.41) is 4.30. The number of pyridine rings is 1. The number of halogens is 3. The fourth-order valence-electron chi connectivity index (χ4n) is 1.83. The van der Waals surface area contributed by atoms with Crippen LogP contribution >= 0.6 is 0 Å². The molecule has 0 fully saturated rings. The van der Waals surface area contributed by atoms with Crippen LogP contribution in [-0.2, 0) is 17.5 Å². The second-order valence-electron chi connectivity index (χ2n) is 4.75. The number of amides is 3. The second-order valence-corrected chi connectivity index (χ2v) is 4.75. The molecule has 0 unspecified atom stereocenters. The minimum atomic E-state index is -4.64. The molecule has 0 aliphatic carbocycles. The topological polar surface area (TPSA) is 80.2 Å². The predicted molar refractivity (Wildman–Crippen MR) is 79.3 cm³/mol. The zero-order valence-corrected chi connectivity index (χ0v) is 12.1. The van der Waals surface area contributed by atoms with E-state index in [1.807, 2.05) is 5.32 Å². The summed E-state index contributed by atoms with van der Waals surface area (Å²) in [4.78, 5) is 34.9. The van der Waals surface area contributed by atoms with E-state index in [0.717, 1.165) is 0 Å². The van der Waals surface area contributed by atoms with Crippen LogP contribution < -0.4 is 16.2 Å². The molecule has 2 rings (SSSR count). The molecule has 0 saturated heterocycles. The number of hydrogen-bond acceptors (Lipinski definition) is 3. The monoisotopic (exact) mass is 339 g/mol. The van der Waals surface area contributed by atoms with Gasteiger partial charge >= 0.3 is 12.2 Å². The van der Waals surface area contributed by atoms with Crippen molar-refractivity contribution in [3.63, 3.8) is 0 Å². The van der Waals surface area contributed by atoms with E-state index >= 15 is 0 Å². The zero-order valence-electron chi connectivity index (χ0n) is 12.1. The first-order valence-electron chi connectivity index (χ1n) is 6.69. The Labute approximate surface area is 133 Å². The SMILES string of the molecule is O=C(Cn1cc(C(F)(F)F)ccc1=O)NC(=O)Nc1ccccc1. The molecule has 0 bridgehead atoms. The lowest BCUT2D eigenvalue weighted by molar-refractivity contribution is -0.138. The Kier molecular flexibility index (Phi) is 5.02. The quantitative estimate of drug-likeness (QED) is 0.900. The maximum atomic E-state index is 12.6. The minimum Gasteiger partial charge on any atom is -0.308 e. The van der Waals surface area contributed by atoms with Gasteiger partial charge in [-0.25, -0.2) is 4.79 Å². The van der Waals surface area contributed by atoms with Gasteiger partial charge in [-0.2, -0.15) is 13.2 Å². The summed E-state index contributed by atoms with van der Waals surface area (Å²) in [6.07, 6.45) is -4.12. The van der Waals surface area contributed by atoms with Crippen molar-refractivity contribution in [1.82, 2.24) is 9.88 Å². The summed E-state index contributed by atoms with van der Waals surface area (Å²) in [7, 11) is 0. The molecule has 24 heavy (non-hydrogen) atoms. The number of alkyl halides is 3. The maximum absolute atomic E-state index is 12.6. The number of hydrogen-bond donors (Lipinski definition) is 2. The highest BCUT2D eigenvalue weighted by Crippen LogP contribution is 2.27. The first-order valence-corrected chi connectivity index (χ1v) is 6.69. The predicted octanol–water partition coefficient (Wildman–Crippen LogP) is 2.22. The van der Waals surface area contributed by atoms with Crippen LogP contribution in [-0.4, -0.2) is 16.5 Å². The number of benzene rings is 1. The zero-order chi connectivity index (χ0) is 17.7. The largest absolute Gasteiger partial charge is 0.417 e. The van der Waals surface area contributed by atoms with E-state index in [4.69, 9.17) is 0 Å². The Hall–Kier alpha value is -3.10. The second kappa shape index (κ2) is 6.99. The van der Waals surface area contributed by atoms with E-state index in [0.29, 0.717) is 28.6 Å². The molecule has 2 aromatic rings. The number of anilines is 1. The molecule has 1 heterocycles. The van der Waals surface area contributed by atoms with Gasteiger partial charge in [0.05, 0.1) is 5.56 Å². The Balaban J connectivity index is 2.02. The highest BCUT2D eigenvalue weighted by molar-refractivity contribution is 6.01. The summed E-state index contributed by atoms with van der Waals surface area (Å²) in [5.41, 5.74) is -1.43. The maximum Gasteiger partial charge on any atom is 0.417 e. The molecule has 0 aliphatic heterocycles. The van der Waals surface area contributed by atoms with Crippen molar-refractivity contribution in [1.29, 1.82) is 0 Å². The summed E-state index contributed by atoms with van der Waals surface area (Å²) >= 11 is 0. The third-order valence-corrected chi connectivity index (χ3v) is 2.91. The van der Waals surface area contributed by atoms with Gasteiger partial charge in [-0.3, -0.25) is 14.9 Å². The molecule has 0 saturated carbocycles.